The van der Waals surface area contributed by atoms with Crippen LogP contribution in [0.3, 0.4) is 0 Å². The molecule has 0 saturated carbocycles. The first-order chi connectivity index (χ1) is 30.2. The number of benzene rings is 1. The highest BCUT2D eigenvalue weighted by atomic mass is 16.5. The number of aliphatic hydroxyl groups excluding tert-OH is 3. The van der Waals surface area contributed by atoms with E-state index in [0.717, 1.165) is 17.1 Å². The molecule has 0 bridgehead atoms. The van der Waals surface area contributed by atoms with E-state index in [-0.39, 0.29) is 56.7 Å². The highest BCUT2D eigenvalue weighted by Crippen LogP contribution is 2.25. The van der Waals surface area contributed by atoms with Crippen molar-refractivity contribution in [1.29, 1.82) is 0 Å². The van der Waals surface area contributed by atoms with Gasteiger partial charge in [0.2, 0.25) is 5.91 Å². The van der Waals surface area contributed by atoms with Crippen molar-refractivity contribution >= 4 is 41.4 Å². The van der Waals surface area contributed by atoms with Crippen LogP contribution in [0.2, 0.25) is 0 Å². The molecule has 1 aromatic heterocycles. The monoisotopic (exact) mass is 899 g/mol. The Morgan fingerprint density at radius 2 is 1.64 bits per heavy atom. The van der Waals surface area contributed by atoms with Gasteiger partial charge in [-0.05, 0) is 63.1 Å². The second-order valence-corrected chi connectivity index (χ2v) is 17.0. The second-order valence-electron chi connectivity index (χ2n) is 17.0. The number of hydrogen-bond acceptors (Lipinski definition) is 17. The molecule has 2 aromatic rings. The van der Waals surface area contributed by atoms with Gasteiger partial charge in [0.1, 0.15) is 31.0 Å². The Morgan fingerprint density at radius 1 is 0.969 bits per heavy atom. The van der Waals surface area contributed by atoms with Gasteiger partial charge in [-0.1, -0.05) is 37.3 Å². The molecular weight excluding hydrogens is 839 g/mol. The average molecular weight is 900 g/mol. The number of nitrogens with one attached hydrogen (secondary N) is 1. The molecule has 64 heavy (non-hydrogen) atoms. The molecule has 20 nitrogen and oxygen atoms in total. The number of amides is 3. The van der Waals surface area contributed by atoms with Crippen LogP contribution in [0.15, 0.2) is 36.5 Å². The molecule has 1 saturated heterocycles. The van der Waals surface area contributed by atoms with E-state index in [2.05, 4.69) is 15.6 Å². The minimum absolute atomic E-state index is 0.0421. The number of esters is 1. The van der Waals surface area contributed by atoms with E-state index < -0.39 is 77.3 Å². The van der Waals surface area contributed by atoms with Crippen LogP contribution in [0.5, 0.6) is 0 Å². The lowest BCUT2D eigenvalue weighted by Crippen LogP contribution is -2.52. The highest BCUT2D eigenvalue weighted by Gasteiger charge is 2.40. The number of methoxy groups -OCH3 is 1. The molecule has 1 fully saturated rings. The van der Waals surface area contributed by atoms with Gasteiger partial charge in [-0.15, -0.1) is 5.10 Å². The number of carbonyl (C=O) groups excluding carboxylic acids is 8. The van der Waals surface area contributed by atoms with Crippen molar-refractivity contribution in [2.45, 2.75) is 123 Å². The molecule has 20 heteroatoms. The minimum Gasteiger partial charge on any atom is -0.460 e. The lowest BCUT2D eigenvalue weighted by molar-refractivity contribution is -0.191. The maximum atomic E-state index is 14.0. The van der Waals surface area contributed by atoms with Crippen molar-refractivity contribution in [3.63, 3.8) is 0 Å². The summed E-state index contributed by atoms with van der Waals surface area (Å²) in [6.45, 7) is 11.6. The Morgan fingerprint density at radius 3 is 2.27 bits per heavy atom. The fourth-order valence-electron chi connectivity index (χ4n) is 6.89. The third-order valence-corrected chi connectivity index (χ3v) is 10.7. The molecule has 3 amide bonds. The first-order valence-corrected chi connectivity index (χ1v) is 21.0. The lowest BCUT2D eigenvalue weighted by Gasteiger charge is -2.35. The molecule has 4 rings (SSSR count). The van der Waals surface area contributed by atoms with Crippen molar-refractivity contribution in [1.82, 2.24) is 25.2 Å². The summed E-state index contributed by atoms with van der Waals surface area (Å²) in [7, 11) is 1.57. The van der Waals surface area contributed by atoms with Crippen LogP contribution in [0.4, 0.5) is 0 Å². The standard InChI is InChI=1S/C43H61N5O13.CO2/c1-25(2)31(21-34(50)32(48-37(52)12-13-38(48)53)20-30-22-47(46-45-30)14-15-59-17-16-58-7)41(56)44-26(3)33(49)19-27-8-9-29(23-61-42(57)43(4,5)6)28(18-27)10-11-36-40(55)39(54)35(51)24-60-36;2-1-3/h8-9,12-13,18,22,25-26,31-32,35-36,39-40,51,54-55H,10-11,14-17,19-21,23-24H2,1-7H3,(H,44,56);/t26-,31-,32?,35+,36-,39-,40-;/m0./s1. The number of carbonyl (C=O) groups is 6. The van der Waals surface area contributed by atoms with E-state index in [0.29, 0.717) is 55.2 Å². The Kier molecular flexibility index (Phi) is 20.9. The first-order valence-electron chi connectivity index (χ1n) is 21.0. The SMILES string of the molecule is COCCOCCn1cc(CC(C(=O)C[C@H](C(=O)N[C@@H](C)C(=O)Cc2ccc(COC(=O)C(C)(C)C)c(CC[C@@H]3OC[C@@H](O)[C@H](O)[C@H]3O)c2)C(C)C)N2C(=O)C=CC2=O)nn1.O=C=O. The van der Waals surface area contributed by atoms with Crippen molar-refractivity contribution in [2.75, 3.05) is 33.5 Å². The molecular formula is C44H61N5O15. The summed E-state index contributed by atoms with van der Waals surface area (Å²) in [4.78, 5) is 96.6. The number of hydrogen-bond donors (Lipinski definition) is 4. The summed E-state index contributed by atoms with van der Waals surface area (Å²) in [6.07, 6.45) is -0.600. The molecule has 4 N–H and O–H groups in total. The van der Waals surface area contributed by atoms with Crippen LogP contribution in [0, 0.1) is 17.3 Å². The molecule has 1 unspecified atom stereocenters. The lowest BCUT2D eigenvalue weighted by atomic mass is 9.86. The normalized spacial score (nSPS) is 20.0. The summed E-state index contributed by atoms with van der Waals surface area (Å²) in [5.41, 5.74) is 1.61. The van der Waals surface area contributed by atoms with E-state index in [1.165, 1.54) is 4.68 Å². The number of imide groups is 1. The quantitative estimate of drug-likeness (QED) is 0.0661. The molecule has 2 aliphatic rings. The van der Waals surface area contributed by atoms with Gasteiger partial charge >= 0.3 is 12.1 Å². The van der Waals surface area contributed by atoms with E-state index in [1.54, 1.807) is 73.0 Å². The predicted octanol–water partition coefficient (Wildman–Crippen LogP) is 0.245. The van der Waals surface area contributed by atoms with E-state index in [9.17, 15) is 44.1 Å². The third kappa shape index (κ3) is 15.7. The van der Waals surface area contributed by atoms with Gasteiger partial charge in [0.15, 0.2) is 11.6 Å². The van der Waals surface area contributed by atoms with Crippen LogP contribution >= 0.6 is 0 Å². The first kappa shape index (κ1) is 53.0. The largest absolute Gasteiger partial charge is 0.460 e. The zero-order valence-corrected chi connectivity index (χ0v) is 37.4. The summed E-state index contributed by atoms with van der Waals surface area (Å²) < 4.78 is 23.1. The molecule has 3 heterocycles. The Labute approximate surface area is 371 Å². The molecule has 0 radical (unpaired) electrons. The molecule has 7 atom stereocenters. The Bertz CT molecular complexity index is 1970. The van der Waals surface area contributed by atoms with Crippen molar-refractivity contribution in [2.24, 2.45) is 17.3 Å². The number of Topliss-reactive ketones (excluding diaryl/α,β-unsaturated/α-hetero) is 2. The van der Waals surface area contributed by atoms with Crippen LogP contribution in [0.25, 0.3) is 0 Å². The van der Waals surface area contributed by atoms with Crippen LogP contribution in [0.1, 0.15) is 76.8 Å². The fourth-order valence-corrected chi connectivity index (χ4v) is 6.89. The zero-order valence-electron chi connectivity index (χ0n) is 37.4. The summed E-state index contributed by atoms with van der Waals surface area (Å²) in [6, 6.07) is 3.03. The van der Waals surface area contributed by atoms with Crippen LogP contribution in [-0.2, 0) is 89.7 Å². The third-order valence-electron chi connectivity index (χ3n) is 10.7. The minimum atomic E-state index is -1.37. The average Bonchev–Trinajstić information content (AvgIpc) is 3.83. The van der Waals surface area contributed by atoms with Crippen molar-refractivity contribution < 1.29 is 72.6 Å². The molecule has 352 valence electrons. The maximum absolute atomic E-state index is 14.0. The highest BCUT2D eigenvalue weighted by molar-refractivity contribution is 6.15. The summed E-state index contributed by atoms with van der Waals surface area (Å²) in [5.74, 6) is -4.41. The van der Waals surface area contributed by atoms with Gasteiger partial charge in [0, 0.05) is 50.6 Å². The van der Waals surface area contributed by atoms with Crippen molar-refractivity contribution in [3.05, 3.63) is 58.9 Å². The van der Waals surface area contributed by atoms with Gasteiger partial charge in [0.05, 0.1) is 56.2 Å². The van der Waals surface area contributed by atoms with Gasteiger partial charge in [-0.25, -0.2) is 4.68 Å². The van der Waals surface area contributed by atoms with Gasteiger partial charge in [0.25, 0.3) is 11.8 Å². The van der Waals surface area contributed by atoms with E-state index in [4.69, 9.17) is 28.5 Å². The van der Waals surface area contributed by atoms with Gasteiger partial charge in [-0.2, -0.15) is 9.59 Å². The maximum Gasteiger partial charge on any atom is 0.373 e. The van der Waals surface area contributed by atoms with Crippen LogP contribution < -0.4 is 5.32 Å². The molecule has 0 aliphatic carbocycles. The summed E-state index contributed by atoms with van der Waals surface area (Å²) >= 11 is 0. The number of nitrogens with zero attached hydrogens (tertiary/aromatic N) is 4. The number of aromatic nitrogens is 3. The topological polar surface area (TPSA) is 280 Å². The molecule has 1 aromatic carbocycles. The number of ether oxygens (including phenoxy) is 4. The molecule has 2 aliphatic heterocycles. The van der Waals surface area contributed by atoms with E-state index in [1.807, 2.05) is 0 Å². The van der Waals surface area contributed by atoms with Crippen LogP contribution in [-0.4, -0.2) is 147 Å². The number of ketones is 2. The number of rotatable bonds is 23. The van der Waals surface area contributed by atoms with Gasteiger partial charge in [-0.3, -0.25) is 33.7 Å². The Hall–Kier alpha value is -5.34. The predicted molar refractivity (Wildman–Crippen MR) is 222 cm³/mol. The van der Waals surface area contributed by atoms with Gasteiger partial charge < -0.3 is 39.6 Å². The smallest absolute Gasteiger partial charge is 0.373 e. The molecule has 0 spiro atoms. The Balaban J connectivity index is 0.00000353. The fraction of sp³-hybridized carbons (Fsp3) is 0.614. The number of aliphatic hydroxyl groups is 3. The summed E-state index contributed by atoms with van der Waals surface area (Å²) in [5, 5.41) is 41.5. The van der Waals surface area contributed by atoms with E-state index >= 15 is 0 Å². The number of aryl methyl sites for hydroxylation is 1. The second kappa shape index (κ2) is 25.2. The van der Waals surface area contributed by atoms with Crippen molar-refractivity contribution in [3.8, 4) is 0 Å². The zero-order chi connectivity index (χ0) is 47.7.